The van der Waals surface area contributed by atoms with Gasteiger partial charge in [-0.1, -0.05) is 11.6 Å². The van der Waals surface area contributed by atoms with Crippen LogP contribution in [0.5, 0.6) is 5.75 Å². The summed E-state index contributed by atoms with van der Waals surface area (Å²) in [5.41, 5.74) is 1.72. The maximum absolute atomic E-state index is 13.5. The fourth-order valence-corrected chi connectivity index (χ4v) is 4.14. The summed E-state index contributed by atoms with van der Waals surface area (Å²) in [7, 11) is -3.01. The molecule has 4 rings (SSSR count). The number of hydrogen-bond acceptors (Lipinski definition) is 4. The van der Waals surface area contributed by atoms with Crippen molar-refractivity contribution in [2.24, 2.45) is 0 Å². The van der Waals surface area contributed by atoms with Crippen molar-refractivity contribution < 1.29 is 26.7 Å². The van der Waals surface area contributed by atoms with Gasteiger partial charge in [-0.15, -0.1) is 0 Å². The summed E-state index contributed by atoms with van der Waals surface area (Å²) in [6.07, 6.45) is 0. The van der Waals surface area contributed by atoms with Crippen LogP contribution in [0.1, 0.15) is 0 Å². The minimum Gasteiger partial charge on any atom is -0.495 e. The van der Waals surface area contributed by atoms with Crippen molar-refractivity contribution in [3.8, 4) is 17.0 Å². The summed E-state index contributed by atoms with van der Waals surface area (Å²) in [6, 6.07) is 13.4. The molecule has 12 heteroatoms. The number of amides is 2. The number of nitrogens with one attached hydrogen (secondary N) is 4. The largest absolute Gasteiger partial charge is 0.495 e. The predicted molar refractivity (Wildman–Crippen MR) is 126 cm³/mol. The zero-order chi connectivity index (χ0) is 24.5. The molecule has 0 saturated heterocycles. The Bertz CT molecular complexity index is 1450. The number of halogens is 3. The minimum absolute atomic E-state index is 0.0304. The molecule has 0 atom stereocenters. The summed E-state index contributed by atoms with van der Waals surface area (Å²) in [5, 5.41) is 3.27. The second kappa shape index (κ2) is 9.20. The average molecular weight is 507 g/mol. The normalized spacial score (nSPS) is 11.3. The maximum atomic E-state index is 13.5. The molecule has 1 heterocycles. The number of ether oxygens (including phenoxy) is 1. The molecular weight excluding hydrogens is 490 g/mol. The summed E-state index contributed by atoms with van der Waals surface area (Å²) in [5.74, 6) is -1.79. The van der Waals surface area contributed by atoms with Crippen LogP contribution in [-0.2, 0) is 10.2 Å². The van der Waals surface area contributed by atoms with Gasteiger partial charge in [-0.05, 0) is 54.6 Å². The Kier molecular flexibility index (Phi) is 6.31. The van der Waals surface area contributed by atoms with Crippen LogP contribution in [0.25, 0.3) is 22.2 Å². The minimum atomic E-state index is -4.36. The SMILES string of the molecule is COc1ccc(-c2cc3cc(F)c(F)cc3[nH]2)cc1NS(=O)(=O)NC(=O)Nc1ccc(Cl)cc1. The lowest BCUT2D eigenvalue weighted by Crippen LogP contribution is -2.38. The molecule has 0 radical (unpaired) electrons. The van der Waals surface area contributed by atoms with Gasteiger partial charge in [0, 0.05) is 38.9 Å². The van der Waals surface area contributed by atoms with Crippen LogP contribution >= 0.6 is 11.6 Å². The molecule has 0 aliphatic heterocycles. The van der Waals surface area contributed by atoms with E-state index in [9.17, 15) is 22.0 Å². The molecule has 0 aliphatic carbocycles. The summed E-state index contributed by atoms with van der Waals surface area (Å²) < 4.78 is 61.4. The van der Waals surface area contributed by atoms with E-state index in [1.807, 2.05) is 4.72 Å². The van der Waals surface area contributed by atoms with Crippen molar-refractivity contribution in [3.05, 3.63) is 77.3 Å². The molecule has 2 amide bonds. The van der Waals surface area contributed by atoms with E-state index >= 15 is 0 Å². The van der Waals surface area contributed by atoms with Gasteiger partial charge in [0.1, 0.15) is 5.75 Å². The van der Waals surface area contributed by atoms with E-state index in [4.69, 9.17) is 16.3 Å². The first kappa shape index (κ1) is 23.3. The molecule has 0 unspecified atom stereocenters. The number of carbonyl (C=O) groups is 1. The van der Waals surface area contributed by atoms with Crippen molar-refractivity contribution in [2.45, 2.75) is 0 Å². The molecule has 0 fully saturated rings. The molecule has 4 N–H and O–H groups in total. The number of benzene rings is 3. The summed E-state index contributed by atoms with van der Waals surface area (Å²) in [4.78, 5) is 15.1. The average Bonchev–Trinajstić information content (AvgIpc) is 3.17. The van der Waals surface area contributed by atoms with E-state index in [0.29, 0.717) is 32.9 Å². The van der Waals surface area contributed by atoms with E-state index in [1.165, 1.54) is 43.5 Å². The lowest BCUT2D eigenvalue weighted by Gasteiger charge is -2.14. The van der Waals surface area contributed by atoms with Crippen LogP contribution in [-0.4, -0.2) is 26.5 Å². The maximum Gasteiger partial charge on any atom is 0.334 e. The van der Waals surface area contributed by atoms with Crippen LogP contribution in [0.2, 0.25) is 5.02 Å². The van der Waals surface area contributed by atoms with Gasteiger partial charge < -0.3 is 15.0 Å². The van der Waals surface area contributed by atoms with Crippen molar-refractivity contribution in [3.63, 3.8) is 0 Å². The highest BCUT2D eigenvalue weighted by atomic mass is 35.5. The molecule has 0 aliphatic rings. The number of H-pyrrole nitrogens is 1. The third-order valence-electron chi connectivity index (χ3n) is 4.75. The standard InChI is InChI=1S/C22H17ClF2N4O4S/c1-33-21-7-2-12(18-10-13-8-16(24)17(25)11-19(13)27-18)9-20(21)28-34(31,32)29-22(30)26-15-5-3-14(23)4-6-15/h2-11,27-28H,1H3,(H2,26,29,30). The van der Waals surface area contributed by atoms with E-state index in [-0.39, 0.29) is 11.4 Å². The molecule has 0 spiro atoms. The first-order valence-electron chi connectivity index (χ1n) is 9.67. The number of urea groups is 1. The molecule has 3 aromatic carbocycles. The zero-order valence-corrected chi connectivity index (χ0v) is 19.0. The molecule has 1 aromatic heterocycles. The second-order valence-corrected chi connectivity index (χ2v) is 8.97. The number of carbonyl (C=O) groups excluding carboxylic acids is 1. The van der Waals surface area contributed by atoms with Gasteiger partial charge in [-0.25, -0.2) is 18.3 Å². The number of anilines is 2. The molecule has 0 saturated carbocycles. The Hall–Kier alpha value is -3.83. The van der Waals surface area contributed by atoms with E-state index in [2.05, 4.69) is 15.0 Å². The van der Waals surface area contributed by atoms with Gasteiger partial charge in [0.05, 0.1) is 12.8 Å². The Morgan fingerprint density at radius 2 is 1.71 bits per heavy atom. The highest BCUT2D eigenvalue weighted by Gasteiger charge is 2.18. The fraction of sp³-hybridized carbons (Fsp3) is 0.0455. The van der Waals surface area contributed by atoms with E-state index in [0.717, 1.165) is 12.1 Å². The number of aromatic amines is 1. The van der Waals surface area contributed by atoms with Crippen LogP contribution in [0, 0.1) is 11.6 Å². The number of rotatable bonds is 6. The predicted octanol–water partition coefficient (Wildman–Crippen LogP) is 5.25. The van der Waals surface area contributed by atoms with Gasteiger partial charge in [0.2, 0.25) is 0 Å². The second-order valence-electron chi connectivity index (χ2n) is 7.12. The van der Waals surface area contributed by atoms with E-state index < -0.39 is 27.9 Å². The van der Waals surface area contributed by atoms with Gasteiger partial charge in [-0.2, -0.15) is 8.42 Å². The Morgan fingerprint density at radius 3 is 2.41 bits per heavy atom. The lowest BCUT2D eigenvalue weighted by atomic mass is 10.1. The third-order valence-corrected chi connectivity index (χ3v) is 5.94. The number of methoxy groups -OCH3 is 1. The van der Waals surface area contributed by atoms with Crippen LogP contribution in [0.3, 0.4) is 0 Å². The molecular formula is C22H17ClF2N4O4S. The fourth-order valence-electron chi connectivity index (χ4n) is 3.22. The van der Waals surface area contributed by atoms with Crippen molar-refractivity contribution >= 4 is 50.1 Å². The number of hydrogen-bond donors (Lipinski definition) is 4. The number of aromatic nitrogens is 1. The van der Waals surface area contributed by atoms with Gasteiger partial charge in [-0.3, -0.25) is 4.72 Å². The molecule has 8 nitrogen and oxygen atoms in total. The van der Waals surface area contributed by atoms with Crippen molar-refractivity contribution in [1.82, 2.24) is 9.71 Å². The molecule has 4 aromatic rings. The van der Waals surface area contributed by atoms with Gasteiger partial charge in [0.25, 0.3) is 0 Å². The van der Waals surface area contributed by atoms with E-state index in [1.54, 1.807) is 12.1 Å². The smallest absolute Gasteiger partial charge is 0.334 e. The van der Waals surface area contributed by atoms with Gasteiger partial charge in [0.15, 0.2) is 11.6 Å². The third kappa shape index (κ3) is 5.21. The topological polar surface area (TPSA) is 112 Å². The Balaban J connectivity index is 1.56. The lowest BCUT2D eigenvalue weighted by molar-refractivity contribution is 0.256. The Morgan fingerprint density at radius 1 is 1.00 bits per heavy atom. The monoisotopic (exact) mass is 506 g/mol. The zero-order valence-electron chi connectivity index (χ0n) is 17.4. The van der Waals surface area contributed by atoms with Crippen LogP contribution < -0.4 is 19.5 Å². The number of fused-ring (bicyclic) bond motifs is 1. The molecule has 34 heavy (non-hydrogen) atoms. The van der Waals surface area contributed by atoms with Gasteiger partial charge >= 0.3 is 16.2 Å². The summed E-state index contributed by atoms with van der Waals surface area (Å²) in [6.45, 7) is 0. The van der Waals surface area contributed by atoms with Crippen LogP contribution in [0.15, 0.2) is 60.7 Å². The molecule has 0 bridgehead atoms. The highest BCUT2D eigenvalue weighted by molar-refractivity contribution is 7.91. The summed E-state index contributed by atoms with van der Waals surface area (Å²) >= 11 is 5.79. The van der Waals surface area contributed by atoms with Crippen molar-refractivity contribution in [2.75, 3.05) is 17.1 Å². The molecule has 176 valence electrons. The van der Waals surface area contributed by atoms with Crippen LogP contribution in [0.4, 0.5) is 25.0 Å². The quantitative estimate of drug-likeness (QED) is 0.286. The Labute approximate surface area is 198 Å². The van der Waals surface area contributed by atoms with Crippen molar-refractivity contribution in [1.29, 1.82) is 0 Å². The highest BCUT2D eigenvalue weighted by Crippen LogP contribution is 2.32. The first-order chi connectivity index (χ1) is 16.1. The first-order valence-corrected chi connectivity index (χ1v) is 11.5.